The maximum absolute atomic E-state index is 15.0. The molecule has 1 saturated heterocycles. The zero-order chi connectivity index (χ0) is 23.1. The lowest BCUT2D eigenvalue weighted by Gasteiger charge is -2.39. The predicted molar refractivity (Wildman–Crippen MR) is 121 cm³/mol. The molecule has 5 rings (SSSR count). The van der Waals surface area contributed by atoms with E-state index < -0.39 is 22.8 Å². The Morgan fingerprint density at radius 3 is 2.64 bits per heavy atom. The standard InChI is InChI=1S/C23H17FN4O4S/c24-17-9-15-19(30)16(22(31)32)12-28(23-25-6-7-33-23)20(15)26-21(17)27-10-14(11-27)18(29)8-13-4-2-1-3-5-13/h1-7,9,12,14H,8,10-11H2,(H,31,32). The number of hydrogen-bond acceptors (Lipinski definition) is 7. The van der Waals surface area contributed by atoms with Crippen LogP contribution in [0.15, 0.2) is 59.0 Å². The molecule has 4 aromatic rings. The maximum Gasteiger partial charge on any atom is 0.341 e. The number of carbonyl (C=O) groups excluding carboxylic acids is 1. The average molecular weight is 464 g/mol. The molecule has 166 valence electrons. The highest BCUT2D eigenvalue weighted by atomic mass is 32.1. The van der Waals surface area contributed by atoms with Crippen LogP contribution in [0, 0.1) is 11.7 Å². The summed E-state index contributed by atoms with van der Waals surface area (Å²) in [5, 5.41) is 11.4. The first-order valence-corrected chi connectivity index (χ1v) is 11.0. The van der Waals surface area contributed by atoms with Crippen molar-refractivity contribution in [3.63, 3.8) is 0 Å². The fourth-order valence-corrected chi connectivity index (χ4v) is 4.48. The minimum absolute atomic E-state index is 0.0130. The number of ketones is 1. The van der Waals surface area contributed by atoms with Gasteiger partial charge >= 0.3 is 5.97 Å². The van der Waals surface area contributed by atoms with Crippen LogP contribution in [-0.2, 0) is 11.2 Å². The van der Waals surface area contributed by atoms with E-state index in [-0.39, 0.29) is 28.6 Å². The van der Waals surface area contributed by atoms with Crippen LogP contribution in [0.2, 0.25) is 0 Å². The van der Waals surface area contributed by atoms with Gasteiger partial charge in [-0.1, -0.05) is 30.3 Å². The monoisotopic (exact) mass is 464 g/mol. The van der Waals surface area contributed by atoms with E-state index in [0.29, 0.717) is 24.6 Å². The average Bonchev–Trinajstić information content (AvgIpc) is 3.29. The summed E-state index contributed by atoms with van der Waals surface area (Å²) < 4.78 is 16.3. The first kappa shape index (κ1) is 21.0. The molecule has 0 spiro atoms. The summed E-state index contributed by atoms with van der Waals surface area (Å²) >= 11 is 1.23. The summed E-state index contributed by atoms with van der Waals surface area (Å²) in [6.45, 7) is 0.631. The molecule has 0 unspecified atom stereocenters. The predicted octanol–water partition coefficient (Wildman–Crippen LogP) is 2.93. The number of carbonyl (C=O) groups is 2. The quantitative estimate of drug-likeness (QED) is 0.468. The zero-order valence-corrected chi connectivity index (χ0v) is 18.0. The number of anilines is 1. The van der Waals surface area contributed by atoms with Gasteiger partial charge in [0.2, 0.25) is 5.43 Å². The number of Topliss-reactive ketones (excluding diaryl/α,β-unsaturated/α-hetero) is 1. The third kappa shape index (κ3) is 3.78. The Morgan fingerprint density at radius 2 is 1.97 bits per heavy atom. The lowest BCUT2D eigenvalue weighted by Crippen LogP contribution is -2.51. The van der Waals surface area contributed by atoms with Crippen LogP contribution in [-0.4, -0.2) is 44.5 Å². The van der Waals surface area contributed by atoms with Gasteiger partial charge in [-0.15, -0.1) is 11.3 Å². The number of fused-ring (bicyclic) bond motifs is 1. The van der Waals surface area contributed by atoms with Crippen molar-refractivity contribution in [1.29, 1.82) is 0 Å². The van der Waals surface area contributed by atoms with Gasteiger partial charge in [-0.2, -0.15) is 0 Å². The molecule has 0 bridgehead atoms. The summed E-state index contributed by atoms with van der Waals surface area (Å²) in [6.07, 6.45) is 3.00. The lowest BCUT2D eigenvalue weighted by molar-refractivity contribution is -0.122. The van der Waals surface area contributed by atoms with Crippen LogP contribution in [0.5, 0.6) is 0 Å². The van der Waals surface area contributed by atoms with E-state index in [4.69, 9.17) is 0 Å². The Labute approximate surface area is 190 Å². The highest BCUT2D eigenvalue weighted by Crippen LogP contribution is 2.29. The first-order valence-electron chi connectivity index (χ1n) is 10.1. The van der Waals surface area contributed by atoms with Crippen LogP contribution in [0.3, 0.4) is 0 Å². The lowest BCUT2D eigenvalue weighted by atomic mass is 9.91. The maximum atomic E-state index is 15.0. The van der Waals surface area contributed by atoms with Crippen molar-refractivity contribution in [2.24, 2.45) is 5.92 Å². The summed E-state index contributed by atoms with van der Waals surface area (Å²) in [7, 11) is 0. The summed E-state index contributed by atoms with van der Waals surface area (Å²) in [4.78, 5) is 47.0. The Morgan fingerprint density at radius 1 is 1.21 bits per heavy atom. The fourth-order valence-electron chi connectivity index (χ4n) is 3.87. The van der Waals surface area contributed by atoms with E-state index in [1.165, 1.54) is 22.1 Å². The summed E-state index contributed by atoms with van der Waals surface area (Å²) in [5.41, 5.74) is -0.280. The van der Waals surface area contributed by atoms with Crippen LogP contribution < -0.4 is 10.3 Å². The number of benzene rings is 1. The molecule has 0 amide bonds. The van der Waals surface area contributed by atoms with E-state index in [1.54, 1.807) is 10.3 Å². The Balaban J connectivity index is 1.48. The van der Waals surface area contributed by atoms with E-state index in [9.17, 15) is 23.9 Å². The van der Waals surface area contributed by atoms with Gasteiger partial charge in [-0.05, 0) is 11.6 Å². The largest absolute Gasteiger partial charge is 0.477 e. The molecule has 1 aliphatic heterocycles. The van der Waals surface area contributed by atoms with E-state index in [1.807, 2.05) is 30.3 Å². The molecule has 0 aliphatic carbocycles. The van der Waals surface area contributed by atoms with Crippen molar-refractivity contribution in [1.82, 2.24) is 14.5 Å². The van der Waals surface area contributed by atoms with Crippen LogP contribution in [0.4, 0.5) is 10.2 Å². The fraction of sp³-hybridized carbons (Fsp3) is 0.174. The molecule has 33 heavy (non-hydrogen) atoms. The molecule has 1 aliphatic rings. The minimum atomic E-state index is -1.42. The van der Waals surface area contributed by atoms with Crippen molar-refractivity contribution in [2.75, 3.05) is 18.0 Å². The van der Waals surface area contributed by atoms with Crippen molar-refractivity contribution in [3.8, 4) is 5.13 Å². The molecule has 3 aromatic heterocycles. The molecule has 0 atom stereocenters. The van der Waals surface area contributed by atoms with Gasteiger partial charge in [0, 0.05) is 37.3 Å². The van der Waals surface area contributed by atoms with Gasteiger partial charge in [0.1, 0.15) is 11.3 Å². The Kier molecular flexibility index (Phi) is 5.21. The number of nitrogens with zero attached hydrogens (tertiary/aromatic N) is 4. The molecule has 10 heteroatoms. The molecule has 0 radical (unpaired) electrons. The normalized spacial score (nSPS) is 13.8. The van der Waals surface area contributed by atoms with Crippen molar-refractivity contribution < 1.29 is 19.1 Å². The van der Waals surface area contributed by atoms with Crippen molar-refractivity contribution in [3.05, 3.63) is 81.3 Å². The number of hydrogen-bond donors (Lipinski definition) is 1. The highest BCUT2D eigenvalue weighted by Gasteiger charge is 2.35. The molecular weight excluding hydrogens is 447 g/mol. The number of aromatic carboxylic acids is 1. The molecule has 0 saturated carbocycles. The molecular formula is C23H17FN4O4S. The highest BCUT2D eigenvalue weighted by molar-refractivity contribution is 7.12. The second-order valence-electron chi connectivity index (χ2n) is 7.76. The molecule has 4 heterocycles. The van der Waals surface area contributed by atoms with Gasteiger partial charge in [-0.3, -0.25) is 14.2 Å². The van der Waals surface area contributed by atoms with Gasteiger partial charge in [-0.25, -0.2) is 19.2 Å². The van der Waals surface area contributed by atoms with Crippen molar-refractivity contribution in [2.45, 2.75) is 6.42 Å². The third-order valence-corrected chi connectivity index (χ3v) is 6.40. The number of rotatable bonds is 6. The Bertz CT molecular complexity index is 1430. The van der Waals surface area contributed by atoms with Gasteiger partial charge in [0.25, 0.3) is 0 Å². The molecule has 1 fully saturated rings. The minimum Gasteiger partial charge on any atom is -0.477 e. The number of carboxylic acids is 1. The Hall–Kier alpha value is -3.92. The summed E-state index contributed by atoms with van der Waals surface area (Å²) in [6, 6.07) is 10.4. The second kappa shape index (κ2) is 8.21. The smallest absolute Gasteiger partial charge is 0.341 e. The summed E-state index contributed by atoms with van der Waals surface area (Å²) in [5.74, 6) is -2.32. The third-order valence-electron chi connectivity index (χ3n) is 5.63. The van der Waals surface area contributed by atoms with Gasteiger partial charge in [0.05, 0.1) is 11.3 Å². The van der Waals surface area contributed by atoms with Gasteiger partial charge in [0.15, 0.2) is 22.4 Å². The van der Waals surface area contributed by atoms with Crippen LogP contribution in [0.25, 0.3) is 16.2 Å². The topological polar surface area (TPSA) is 105 Å². The molecule has 1 N–H and O–H groups in total. The first-order chi connectivity index (χ1) is 15.9. The van der Waals surface area contributed by atoms with E-state index in [0.717, 1.165) is 17.8 Å². The SMILES string of the molecule is O=C(O)c1cn(-c2nccs2)c2nc(N3CC(C(=O)Cc4ccccc4)C3)c(F)cc2c1=O. The molecule has 8 nitrogen and oxygen atoms in total. The van der Waals surface area contributed by atoms with Gasteiger partial charge < -0.3 is 10.0 Å². The number of halogens is 1. The number of thiazole rings is 1. The van der Waals surface area contributed by atoms with E-state index >= 15 is 0 Å². The molecule has 1 aromatic carbocycles. The van der Waals surface area contributed by atoms with E-state index in [2.05, 4.69) is 9.97 Å². The number of pyridine rings is 2. The van der Waals surface area contributed by atoms with Crippen molar-refractivity contribution >= 4 is 39.9 Å². The number of aromatic nitrogens is 3. The second-order valence-corrected chi connectivity index (χ2v) is 8.63. The zero-order valence-electron chi connectivity index (χ0n) is 17.1. The van der Waals surface area contributed by atoms with Crippen LogP contribution in [0.1, 0.15) is 15.9 Å². The number of carboxylic acid groups (broad SMARTS) is 1. The van der Waals surface area contributed by atoms with Crippen LogP contribution >= 0.6 is 11.3 Å².